The Bertz CT molecular complexity index is 657. The Morgan fingerprint density at radius 2 is 2.17 bits per heavy atom. The van der Waals surface area contributed by atoms with Crippen LogP contribution in [0.15, 0.2) is 36.7 Å². The molecule has 122 valence electrons. The van der Waals surface area contributed by atoms with E-state index in [-0.39, 0.29) is 19.7 Å². The maximum Gasteiger partial charge on any atom is 0.261 e. The molecule has 0 atom stereocenters. The Kier molecular flexibility index (Phi) is 5.59. The minimum absolute atomic E-state index is 0.159. The molecule has 0 fully saturated rings. The number of carbonyl (C=O) groups is 1. The zero-order valence-corrected chi connectivity index (χ0v) is 12.5. The van der Waals surface area contributed by atoms with Gasteiger partial charge in [-0.25, -0.2) is 8.78 Å². The smallest absolute Gasteiger partial charge is 0.261 e. The summed E-state index contributed by atoms with van der Waals surface area (Å²) in [4.78, 5) is 17.8. The second-order valence-electron chi connectivity index (χ2n) is 4.86. The van der Waals surface area contributed by atoms with Crippen LogP contribution in [0.4, 0.5) is 8.78 Å². The van der Waals surface area contributed by atoms with E-state index in [1.807, 2.05) is 0 Å². The largest absolute Gasteiger partial charge is 0.507 e. The lowest BCUT2D eigenvalue weighted by Crippen LogP contribution is -2.34. The first-order chi connectivity index (χ1) is 11.0. The molecule has 2 aromatic rings. The van der Waals surface area contributed by atoms with Gasteiger partial charge in [0.05, 0.1) is 6.61 Å². The minimum Gasteiger partial charge on any atom is -0.507 e. The summed E-state index contributed by atoms with van der Waals surface area (Å²) in [7, 11) is 1.47. The van der Waals surface area contributed by atoms with E-state index >= 15 is 0 Å². The van der Waals surface area contributed by atoms with E-state index in [9.17, 15) is 18.7 Å². The Morgan fingerprint density at radius 3 is 2.78 bits per heavy atom. The SMILES string of the molecule is COCCN(Cc1cccnc1)C(=O)c1c(O)cc(F)cc1F. The quantitative estimate of drug-likeness (QED) is 0.887. The van der Waals surface area contributed by atoms with Crippen molar-refractivity contribution in [1.82, 2.24) is 9.88 Å². The van der Waals surface area contributed by atoms with Crippen LogP contribution in [0, 0.1) is 11.6 Å². The van der Waals surface area contributed by atoms with E-state index in [1.54, 1.807) is 24.5 Å². The van der Waals surface area contributed by atoms with Crippen LogP contribution in [0.3, 0.4) is 0 Å². The van der Waals surface area contributed by atoms with Crippen molar-refractivity contribution in [2.24, 2.45) is 0 Å². The first kappa shape index (κ1) is 16.8. The lowest BCUT2D eigenvalue weighted by Gasteiger charge is -2.23. The van der Waals surface area contributed by atoms with Crippen molar-refractivity contribution < 1.29 is 23.4 Å². The highest BCUT2D eigenvalue weighted by atomic mass is 19.1. The molecule has 0 aliphatic rings. The van der Waals surface area contributed by atoms with E-state index in [2.05, 4.69) is 4.98 Å². The number of amides is 1. The number of hydrogen-bond acceptors (Lipinski definition) is 4. The molecule has 1 heterocycles. The van der Waals surface area contributed by atoms with Crippen molar-refractivity contribution in [3.63, 3.8) is 0 Å². The van der Waals surface area contributed by atoms with Crippen molar-refractivity contribution in [2.75, 3.05) is 20.3 Å². The average Bonchev–Trinajstić information content (AvgIpc) is 2.51. The number of ether oxygens (including phenoxy) is 1. The molecular weight excluding hydrogens is 306 g/mol. The monoisotopic (exact) mass is 322 g/mol. The summed E-state index contributed by atoms with van der Waals surface area (Å²) in [5.41, 5.74) is 0.172. The molecule has 0 unspecified atom stereocenters. The molecule has 0 bridgehead atoms. The second-order valence-corrected chi connectivity index (χ2v) is 4.86. The first-order valence-corrected chi connectivity index (χ1v) is 6.88. The van der Waals surface area contributed by atoms with Crippen LogP contribution in [0.5, 0.6) is 5.75 Å². The number of halogens is 2. The van der Waals surface area contributed by atoms with Crippen molar-refractivity contribution in [2.45, 2.75) is 6.54 Å². The molecule has 1 N–H and O–H groups in total. The van der Waals surface area contributed by atoms with E-state index < -0.39 is 28.9 Å². The lowest BCUT2D eigenvalue weighted by molar-refractivity contribution is 0.0672. The third-order valence-electron chi connectivity index (χ3n) is 3.20. The molecule has 0 aliphatic carbocycles. The summed E-state index contributed by atoms with van der Waals surface area (Å²) in [6, 6.07) is 4.74. The number of benzene rings is 1. The summed E-state index contributed by atoms with van der Waals surface area (Å²) in [6.45, 7) is 0.572. The minimum atomic E-state index is -1.11. The second kappa shape index (κ2) is 7.64. The molecule has 2 rings (SSSR count). The summed E-state index contributed by atoms with van der Waals surface area (Å²) in [6.07, 6.45) is 3.17. The summed E-state index contributed by atoms with van der Waals surface area (Å²) < 4.78 is 31.9. The van der Waals surface area contributed by atoms with Crippen LogP contribution in [-0.2, 0) is 11.3 Å². The lowest BCUT2D eigenvalue weighted by atomic mass is 10.1. The fourth-order valence-corrected chi connectivity index (χ4v) is 2.10. The first-order valence-electron chi connectivity index (χ1n) is 6.88. The highest BCUT2D eigenvalue weighted by Gasteiger charge is 2.24. The number of phenolic OH excluding ortho intramolecular Hbond substituents is 1. The molecule has 1 aromatic carbocycles. The molecule has 0 spiro atoms. The number of methoxy groups -OCH3 is 1. The van der Waals surface area contributed by atoms with Crippen molar-refractivity contribution in [3.8, 4) is 5.75 Å². The third kappa shape index (κ3) is 4.23. The number of rotatable bonds is 6. The van der Waals surface area contributed by atoms with Gasteiger partial charge in [0.25, 0.3) is 5.91 Å². The van der Waals surface area contributed by atoms with Crippen molar-refractivity contribution in [1.29, 1.82) is 0 Å². The van der Waals surface area contributed by atoms with Gasteiger partial charge in [-0.2, -0.15) is 0 Å². The van der Waals surface area contributed by atoms with Gasteiger partial charge >= 0.3 is 0 Å². The Hall–Kier alpha value is -2.54. The van der Waals surface area contributed by atoms with Crippen LogP contribution < -0.4 is 0 Å². The molecule has 0 saturated heterocycles. The molecule has 23 heavy (non-hydrogen) atoms. The number of aromatic hydroxyl groups is 1. The summed E-state index contributed by atoms with van der Waals surface area (Å²) in [5, 5.41) is 9.71. The highest BCUT2D eigenvalue weighted by molar-refractivity contribution is 5.97. The fraction of sp³-hybridized carbons (Fsp3) is 0.250. The van der Waals surface area contributed by atoms with E-state index in [0.717, 1.165) is 5.56 Å². The van der Waals surface area contributed by atoms with Gasteiger partial charge in [0.1, 0.15) is 22.9 Å². The Balaban J connectivity index is 2.30. The van der Waals surface area contributed by atoms with Crippen LogP contribution in [0.25, 0.3) is 0 Å². The van der Waals surface area contributed by atoms with Gasteiger partial charge in [0.2, 0.25) is 0 Å². The van der Waals surface area contributed by atoms with Gasteiger partial charge in [-0.05, 0) is 11.6 Å². The Morgan fingerprint density at radius 1 is 1.39 bits per heavy atom. The predicted octanol–water partition coefficient (Wildman–Crippen LogP) is 2.35. The van der Waals surface area contributed by atoms with Crippen LogP contribution in [0.2, 0.25) is 0 Å². The number of carbonyl (C=O) groups excluding carboxylic acids is 1. The molecule has 5 nitrogen and oxygen atoms in total. The standard InChI is InChI=1S/C16H16F2N2O3/c1-23-6-5-20(10-11-3-2-4-19-9-11)16(22)15-13(18)7-12(17)8-14(15)21/h2-4,7-9,21H,5-6,10H2,1H3. The topological polar surface area (TPSA) is 62.7 Å². The van der Waals surface area contributed by atoms with E-state index in [0.29, 0.717) is 12.1 Å². The van der Waals surface area contributed by atoms with Gasteiger partial charge in [0, 0.05) is 44.7 Å². The van der Waals surface area contributed by atoms with Gasteiger partial charge in [-0.1, -0.05) is 6.07 Å². The number of phenols is 1. The van der Waals surface area contributed by atoms with Crippen molar-refractivity contribution in [3.05, 3.63) is 59.4 Å². The molecule has 7 heteroatoms. The molecule has 0 radical (unpaired) electrons. The zero-order chi connectivity index (χ0) is 16.8. The molecule has 0 aliphatic heterocycles. The molecule has 0 saturated carbocycles. The maximum absolute atomic E-state index is 13.9. The molecule has 1 amide bonds. The predicted molar refractivity (Wildman–Crippen MR) is 78.9 cm³/mol. The van der Waals surface area contributed by atoms with Gasteiger partial charge in [0.15, 0.2) is 0 Å². The molecule has 1 aromatic heterocycles. The number of aromatic nitrogens is 1. The fourth-order valence-electron chi connectivity index (χ4n) is 2.10. The van der Waals surface area contributed by atoms with E-state index in [4.69, 9.17) is 4.74 Å². The van der Waals surface area contributed by atoms with Gasteiger partial charge < -0.3 is 14.7 Å². The number of nitrogens with zero attached hydrogens (tertiary/aromatic N) is 2. The maximum atomic E-state index is 13.9. The van der Waals surface area contributed by atoms with Gasteiger partial charge in [-0.3, -0.25) is 9.78 Å². The number of hydrogen-bond donors (Lipinski definition) is 1. The molecular formula is C16H16F2N2O3. The third-order valence-corrected chi connectivity index (χ3v) is 3.20. The summed E-state index contributed by atoms with van der Waals surface area (Å²) >= 11 is 0. The van der Waals surface area contributed by atoms with Crippen LogP contribution in [0.1, 0.15) is 15.9 Å². The van der Waals surface area contributed by atoms with E-state index in [1.165, 1.54) is 12.0 Å². The van der Waals surface area contributed by atoms with Crippen LogP contribution >= 0.6 is 0 Å². The highest BCUT2D eigenvalue weighted by Crippen LogP contribution is 2.24. The van der Waals surface area contributed by atoms with Crippen molar-refractivity contribution >= 4 is 5.91 Å². The average molecular weight is 322 g/mol. The van der Waals surface area contributed by atoms with Gasteiger partial charge in [-0.15, -0.1) is 0 Å². The number of pyridine rings is 1. The normalized spacial score (nSPS) is 10.6. The van der Waals surface area contributed by atoms with Crippen LogP contribution in [-0.4, -0.2) is 41.2 Å². The zero-order valence-electron chi connectivity index (χ0n) is 12.5. The summed E-state index contributed by atoms with van der Waals surface area (Å²) in [5.74, 6) is -3.55. The Labute approximate surface area is 132 Å².